The van der Waals surface area contributed by atoms with Crippen molar-refractivity contribution >= 4 is 40.2 Å². The molecule has 8 heteroatoms. The van der Waals surface area contributed by atoms with Crippen molar-refractivity contribution in [3.8, 4) is 11.5 Å². The number of nitro groups is 1. The highest BCUT2D eigenvalue weighted by Crippen LogP contribution is 2.37. The fraction of sp³-hybridized carbons (Fsp3) is 0.133. The summed E-state index contributed by atoms with van der Waals surface area (Å²) in [5, 5.41) is 14.6. The van der Waals surface area contributed by atoms with Gasteiger partial charge < -0.3 is 14.8 Å². The van der Waals surface area contributed by atoms with Gasteiger partial charge in [-0.3, -0.25) is 10.1 Å². The number of halogens is 1. The summed E-state index contributed by atoms with van der Waals surface area (Å²) in [6, 6.07) is 9.74. The monoisotopic (exact) mass is 352 g/mol. The smallest absolute Gasteiger partial charge is 0.314 e. The standard InChI is InChI=1S/C15H13ClN2O4S/c1-21-13-8-12(18(19)20)14(22-2)7-11(13)17-15(23)9-3-5-10(16)6-4-9/h3-8H,1-2H3,(H,17,23). The van der Waals surface area contributed by atoms with Crippen molar-refractivity contribution < 1.29 is 14.4 Å². The normalized spacial score (nSPS) is 10.0. The first-order chi connectivity index (χ1) is 11.0. The lowest BCUT2D eigenvalue weighted by atomic mass is 10.2. The second-order valence-corrected chi connectivity index (χ2v) is 5.29. The van der Waals surface area contributed by atoms with Gasteiger partial charge >= 0.3 is 5.69 Å². The number of rotatable bonds is 5. The number of ether oxygens (including phenoxy) is 2. The van der Waals surface area contributed by atoms with E-state index >= 15 is 0 Å². The highest BCUT2D eigenvalue weighted by atomic mass is 35.5. The van der Waals surface area contributed by atoms with E-state index in [0.29, 0.717) is 15.7 Å². The van der Waals surface area contributed by atoms with E-state index < -0.39 is 4.92 Å². The van der Waals surface area contributed by atoms with E-state index in [0.717, 1.165) is 5.56 Å². The molecule has 2 aromatic rings. The second kappa shape index (κ2) is 7.26. The summed E-state index contributed by atoms with van der Waals surface area (Å²) < 4.78 is 10.2. The molecule has 0 heterocycles. The van der Waals surface area contributed by atoms with Crippen LogP contribution in [-0.2, 0) is 0 Å². The lowest BCUT2D eigenvalue weighted by molar-refractivity contribution is -0.385. The summed E-state index contributed by atoms with van der Waals surface area (Å²) in [5.74, 6) is 0.394. The molecule has 0 aromatic heterocycles. The van der Waals surface area contributed by atoms with Crippen molar-refractivity contribution in [2.24, 2.45) is 0 Å². The molecule has 23 heavy (non-hydrogen) atoms. The molecule has 6 nitrogen and oxygen atoms in total. The van der Waals surface area contributed by atoms with E-state index in [2.05, 4.69) is 5.32 Å². The van der Waals surface area contributed by atoms with Crippen molar-refractivity contribution in [2.75, 3.05) is 19.5 Å². The maximum Gasteiger partial charge on any atom is 0.314 e. The Morgan fingerprint density at radius 1 is 1.17 bits per heavy atom. The van der Waals surface area contributed by atoms with Crippen LogP contribution in [0.2, 0.25) is 5.02 Å². The minimum absolute atomic E-state index is 0.109. The first-order valence-electron chi connectivity index (χ1n) is 6.43. The van der Waals surface area contributed by atoms with Crippen LogP contribution in [0.3, 0.4) is 0 Å². The number of benzene rings is 2. The lowest BCUT2D eigenvalue weighted by Crippen LogP contribution is -2.11. The van der Waals surface area contributed by atoms with Gasteiger partial charge in [-0.15, -0.1) is 0 Å². The molecule has 0 saturated heterocycles. The largest absolute Gasteiger partial charge is 0.494 e. The Morgan fingerprint density at radius 2 is 1.78 bits per heavy atom. The average Bonchev–Trinajstić information content (AvgIpc) is 2.54. The van der Waals surface area contributed by atoms with Gasteiger partial charge in [-0.2, -0.15) is 0 Å². The van der Waals surface area contributed by atoms with Crippen molar-refractivity contribution in [3.63, 3.8) is 0 Å². The number of anilines is 1. The molecule has 0 spiro atoms. The fourth-order valence-corrected chi connectivity index (χ4v) is 2.29. The Bertz CT molecular complexity index is 750. The van der Waals surface area contributed by atoms with Crippen molar-refractivity contribution in [3.05, 3.63) is 57.1 Å². The number of hydrogen-bond donors (Lipinski definition) is 1. The molecule has 2 rings (SSSR count). The number of methoxy groups -OCH3 is 2. The van der Waals surface area contributed by atoms with Gasteiger partial charge in [-0.25, -0.2) is 0 Å². The van der Waals surface area contributed by atoms with E-state index in [1.54, 1.807) is 24.3 Å². The third-order valence-electron chi connectivity index (χ3n) is 3.05. The van der Waals surface area contributed by atoms with Crippen LogP contribution >= 0.6 is 23.8 Å². The van der Waals surface area contributed by atoms with Crippen LogP contribution in [0.15, 0.2) is 36.4 Å². The molecule has 0 fully saturated rings. The van der Waals surface area contributed by atoms with E-state index in [1.165, 1.54) is 26.4 Å². The van der Waals surface area contributed by atoms with E-state index in [1.807, 2.05) is 0 Å². The molecule has 0 aliphatic rings. The van der Waals surface area contributed by atoms with Gasteiger partial charge in [0.05, 0.1) is 30.9 Å². The average molecular weight is 353 g/mol. The molecule has 0 atom stereocenters. The van der Waals surface area contributed by atoms with Crippen LogP contribution in [0, 0.1) is 10.1 Å². The number of hydrogen-bond acceptors (Lipinski definition) is 5. The van der Waals surface area contributed by atoms with Gasteiger partial charge in [-0.05, 0) is 12.1 Å². The van der Waals surface area contributed by atoms with E-state index in [-0.39, 0.29) is 17.2 Å². The van der Waals surface area contributed by atoms with Crippen LogP contribution in [0.25, 0.3) is 0 Å². The molecular weight excluding hydrogens is 340 g/mol. The first kappa shape index (κ1) is 17.0. The number of nitrogens with one attached hydrogen (secondary N) is 1. The lowest BCUT2D eigenvalue weighted by Gasteiger charge is -2.14. The highest BCUT2D eigenvalue weighted by molar-refractivity contribution is 7.81. The van der Waals surface area contributed by atoms with Gasteiger partial charge in [0.25, 0.3) is 0 Å². The Morgan fingerprint density at radius 3 is 2.30 bits per heavy atom. The van der Waals surface area contributed by atoms with Crippen molar-refractivity contribution in [2.45, 2.75) is 0 Å². The third kappa shape index (κ3) is 3.88. The van der Waals surface area contributed by atoms with Gasteiger partial charge in [0.1, 0.15) is 10.7 Å². The summed E-state index contributed by atoms with van der Waals surface area (Å²) in [4.78, 5) is 10.9. The zero-order valence-electron chi connectivity index (χ0n) is 12.3. The molecule has 0 amide bonds. The minimum atomic E-state index is -0.539. The predicted molar refractivity (Wildman–Crippen MR) is 93.0 cm³/mol. The molecule has 2 aromatic carbocycles. The predicted octanol–water partition coefficient (Wildman–Crippen LogP) is 4.05. The third-order valence-corrected chi connectivity index (χ3v) is 3.64. The van der Waals surface area contributed by atoms with Crippen molar-refractivity contribution in [1.29, 1.82) is 0 Å². The summed E-state index contributed by atoms with van der Waals surface area (Å²) in [5.41, 5.74) is 1.03. The molecule has 0 aliphatic heterocycles. The summed E-state index contributed by atoms with van der Waals surface area (Å²) in [6.45, 7) is 0. The number of nitro benzene ring substituents is 1. The Labute approximate surface area is 143 Å². The van der Waals surface area contributed by atoms with Gasteiger partial charge in [-0.1, -0.05) is 36.0 Å². The summed E-state index contributed by atoms with van der Waals surface area (Å²) >= 11 is 11.2. The first-order valence-corrected chi connectivity index (χ1v) is 7.22. The number of thiocarbonyl (C=S) groups is 1. The molecule has 120 valence electrons. The SMILES string of the molecule is COc1cc([N+](=O)[O-])c(OC)cc1NC(=S)c1ccc(Cl)cc1. The molecule has 0 aliphatic carbocycles. The van der Waals surface area contributed by atoms with Gasteiger partial charge in [0.2, 0.25) is 0 Å². The quantitative estimate of drug-likeness (QED) is 0.497. The second-order valence-electron chi connectivity index (χ2n) is 4.44. The Balaban J connectivity index is 2.36. The number of nitrogens with zero attached hydrogens (tertiary/aromatic N) is 1. The molecule has 0 saturated carbocycles. The molecule has 1 N–H and O–H groups in total. The van der Waals surface area contributed by atoms with Crippen LogP contribution in [0.1, 0.15) is 5.56 Å². The van der Waals surface area contributed by atoms with E-state index in [9.17, 15) is 10.1 Å². The van der Waals surface area contributed by atoms with Crippen LogP contribution < -0.4 is 14.8 Å². The summed E-state index contributed by atoms with van der Waals surface area (Å²) in [7, 11) is 2.78. The van der Waals surface area contributed by atoms with E-state index in [4.69, 9.17) is 33.3 Å². The minimum Gasteiger partial charge on any atom is -0.494 e. The Kier molecular flexibility index (Phi) is 5.36. The maximum absolute atomic E-state index is 11.0. The van der Waals surface area contributed by atoms with Gasteiger partial charge in [0.15, 0.2) is 5.75 Å². The molecular formula is C15H13ClN2O4S. The summed E-state index contributed by atoms with van der Waals surface area (Å²) in [6.07, 6.45) is 0. The molecule has 0 bridgehead atoms. The van der Waals surface area contributed by atoms with Gasteiger partial charge in [0, 0.05) is 16.7 Å². The zero-order chi connectivity index (χ0) is 17.0. The Hall–Kier alpha value is -2.38. The maximum atomic E-state index is 11.0. The van der Waals surface area contributed by atoms with Crippen LogP contribution in [-0.4, -0.2) is 24.1 Å². The van der Waals surface area contributed by atoms with Crippen LogP contribution in [0.4, 0.5) is 11.4 Å². The fourth-order valence-electron chi connectivity index (χ4n) is 1.92. The molecule has 0 unspecified atom stereocenters. The van der Waals surface area contributed by atoms with Crippen LogP contribution in [0.5, 0.6) is 11.5 Å². The van der Waals surface area contributed by atoms with Crippen molar-refractivity contribution in [1.82, 2.24) is 0 Å². The molecule has 0 radical (unpaired) electrons. The topological polar surface area (TPSA) is 73.6 Å². The zero-order valence-corrected chi connectivity index (χ0v) is 13.9. The highest BCUT2D eigenvalue weighted by Gasteiger charge is 2.20.